The fraction of sp³-hybridized carbons (Fsp3) is 0.579. The highest BCUT2D eigenvalue weighted by Gasteiger charge is 2.17. The summed E-state index contributed by atoms with van der Waals surface area (Å²) in [5.74, 6) is -0.120. The van der Waals surface area contributed by atoms with Crippen LogP contribution in [0, 0.1) is 11.8 Å². The van der Waals surface area contributed by atoms with E-state index in [0.717, 1.165) is 12.0 Å². The monoisotopic (exact) mass is 350 g/mol. The van der Waals surface area contributed by atoms with Crippen LogP contribution in [0.3, 0.4) is 0 Å². The summed E-state index contributed by atoms with van der Waals surface area (Å²) in [4.78, 5) is 25.0. The number of hydrogen-bond acceptors (Lipinski definition) is 4. The zero-order valence-electron chi connectivity index (χ0n) is 15.8. The number of benzene rings is 1. The smallest absolute Gasteiger partial charge is 0.412 e. The maximum absolute atomic E-state index is 12.0. The Balaban J connectivity index is 2.60. The number of amides is 1. The van der Waals surface area contributed by atoms with E-state index in [9.17, 15) is 9.59 Å². The first-order chi connectivity index (χ1) is 11.7. The highest BCUT2D eigenvalue weighted by molar-refractivity contribution is 5.70. The van der Waals surface area contributed by atoms with Crippen LogP contribution in [0.2, 0.25) is 0 Å². The van der Waals surface area contributed by atoms with Crippen molar-refractivity contribution in [1.82, 2.24) is 10.2 Å². The van der Waals surface area contributed by atoms with Gasteiger partial charge in [-0.2, -0.15) is 0 Å². The third-order valence-corrected chi connectivity index (χ3v) is 4.13. The molecule has 0 aliphatic carbocycles. The van der Waals surface area contributed by atoms with Crippen molar-refractivity contribution in [2.45, 2.75) is 39.7 Å². The Morgan fingerprint density at radius 1 is 1.24 bits per heavy atom. The van der Waals surface area contributed by atoms with Gasteiger partial charge in [0, 0.05) is 19.0 Å². The molecule has 2 N–H and O–H groups in total. The molecule has 25 heavy (non-hydrogen) atoms. The van der Waals surface area contributed by atoms with Gasteiger partial charge in [-0.25, -0.2) is 4.79 Å². The van der Waals surface area contributed by atoms with Crippen LogP contribution in [0.5, 0.6) is 5.75 Å². The van der Waals surface area contributed by atoms with Gasteiger partial charge in [-0.1, -0.05) is 26.0 Å². The van der Waals surface area contributed by atoms with Crippen LogP contribution in [-0.2, 0) is 4.79 Å². The van der Waals surface area contributed by atoms with Crippen molar-refractivity contribution >= 4 is 12.1 Å². The van der Waals surface area contributed by atoms with Crippen molar-refractivity contribution in [2.24, 2.45) is 11.8 Å². The van der Waals surface area contributed by atoms with Crippen molar-refractivity contribution in [3.63, 3.8) is 0 Å². The Morgan fingerprint density at radius 2 is 1.92 bits per heavy atom. The fourth-order valence-electron chi connectivity index (χ4n) is 2.66. The van der Waals surface area contributed by atoms with Gasteiger partial charge in [-0.3, -0.25) is 4.79 Å². The van der Waals surface area contributed by atoms with Crippen molar-refractivity contribution < 1.29 is 19.4 Å². The van der Waals surface area contributed by atoms with E-state index >= 15 is 0 Å². The second-order valence-electron chi connectivity index (χ2n) is 7.08. The standard InChI is InChI=1S/C19H30N2O4/c1-13(2)9-15(10-18(22)23)12-20-19(24)25-17-8-6-7-16(11-17)14(3)21(4)5/h6-8,11,13-15H,9-10,12H2,1-5H3,(H,20,24)(H,22,23)/t14-,15+/m0/s1. The second kappa shape index (κ2) is 10.0. The number of carbonyl (C=O) groups excluding carboxylic acids is 1. The van der Waals surface area contributed by atoms with Crippen molar-refractivity contribution in [1.29, 1.82) is 0 Å². The lowest BCUT2D eigenvalue weighted by Crippen LogP contribution is -2.33. The molecule has 6 nitrogen and oxygen atoms in total. The molecule has 0 fully saturated rings. The van der Waals surface area contributed by atoms with Gasteiger partial charge >= 0.3 is 12.1 Å². The van der Waals surface area contributed by atoms with Gasteiger partial charge in [0.1, 0.15) is 5.75 Å². The number of carboxylic acids is 1. The van der Waals surface area contributed by atoms with E-state index in [-0.39, 0.29) is 24.9 Å². The topological polar surface area (TPSA) is 78.9 Å². The van der Waals surface area contributed by atoms with E-state index in [2.05, 4.69) is 17.1 Å². The van der Waals surface area contributed by atoms with Crippen LogP contribution in [0.4, 0.5) is 4.79 Å². The normalized spacial score (nSPS) is 13.6. The van der Waals surface area contributed by atoms with Crippen LogP contribution in [0.1, 0.15) is 45.2 Å². The molecule has 140 valence electrons. The Hall–Kier alpha value is -2.08. The molecule has 0 saturated heterocycles. The number of hydrogen-bond donors (Lipinski definition) is 2. The summed E-state index contributed by atoms with van der Waals surface area (Å²) in [6.45, 7) is 6.42. The number of carbonyl (C=O) groups is 2. The predicted octanol–water partition coefficient (Wildman–Crippen LogP) is 3.53. The van der Waals surface area contributed by atoms with E-state index in [0.29, 0.717) is 11.7 Å². The molecule has 0 unspecified atom stereocenters. The average Bonchev–Trinajstić information content (AvgIpc) is 2.51. The molecule has 0 aromatic heterocycles. The number of aliphatic carboxylic acids is 1. The van der Waals surface area contributed by atoms with Gasteiger partial charge in [0.05, 0.1) is 0 Å². The Kier molecular flexibility index (Phi) is 8.41. The zero-order valence-corrected chi connectivity index (χ0v) is 15.8. The molecular formula is C19H30N2O4. The van der Waals surface area contributed by atoms with Gasteiger partial charge in [-0.15, -0.1) is 0 Å². The SMILES string of the molecule is CC(C)C[C@@H](CNC(=O)Oc1cccc([C@H](C)N(C)C)c1)CC(=O)O. The summed E-state index contributed by atoms with van der Waals surface area (Å²) < 4.78 is 5.33. The van der Waals surface area contributed by atoms with Gasteiger partial charge in [0.2, 0.25) is 0 Å². The first-order valence-corrected chi connectivity index (χ1v) is 8.62. The lowest BCUT2D eigenvalue weighted by molar-refractivity contribution is -0.138. The lowest BCUT2D eigenvalue weighted by Gasteiger charge is -2.20. The van der Waals surface area contributed by atoms with Crippen LogP contribution < -0.4 is 10.1 Å². The van der Waals surface area contributed by atoms with E-state index in [4.69, 9.17) is 9.84 Å². The second-order valence-corrected chi connectivity index (χ2v) is 7.08. The fourth-order valence-corrected chi connectivity index (χ4v) is 2.66. The predicted molar refractivity (Wildman–Crippen MR) is 97.8 cm³/mol. The number of nitrogens with zero attached hydrogens (tertiary/aromatic N) is 1. The highest BCUT2D eigenvalue weighted by atomic mass is 16.6. The molecule has 0 radical (unpaired) electrons. The van der Waals surface area contributed by atoms with E-state index in [1.54, 1.807) is 6.07 Å². The van der Waals surface area contributed by atoms with Crippen molar-refractivity contribution in [3.8, 4) is 5.75 Å². The van der Waals surface area contributed by atoms with Crippen LogP contribution in [0.25, 0.3) is 0 Å². The Morgan fingerprint density at radius 3 is 2.48 bits per heavy atom. The van der Waals surface area contributed by atoms with Gasteiger partial charge in [-0.05, 0) is 57.0 Å². The summed E-state index contributed by atoms with van der Waals surface area (Å²) in [7, 11) is 3.98. The van der Waals surface area contributed by atoms with Gasteiger partial charge in [0.25, 0.3) is 0 Å². The summed E-state index contributed by atoms with van der Waals surface area (Å²) in [5, 5.41) is 11.7. The first kappa shape index (κ1) is 21.0. The van der Waals surface area contributed by atoms with Crippen molar-refractivity contribution in [3.05, 3.63) is 29.8 Å². The minimum absolute atomic E-state index is 0.0360. The van der Waals surface area contributed by atoms with E-state index < -0.39 is 12.1 Å². The quantitative estimate of drug-likeness (QED) is 0.712. The number of nitrogens with one attached hydrogen (secondary N) is 1. The summed E-state index contributed by atoms with van der Waals surface area (Å²) in [5.41, 5.74) is 1.05. The molecule has 2 atom stereocenters. The minimum atomic E-state index is -0.855. The van der Waals surface area contributed by atoms with Crippen LogP contribution in [0.15, 0.2) is 24.3 Å². The maximum atomic E-state index is 12.0. The molecule has 1 aromatic rings. The summed E-state index contributed by atoms with van der Waals surface area (Å²) in [6, 6.07) is 7.62. The summed E-state index contributed by atoms with van der Waals surface area (Å²) in [6.07, 6.45) is 0.213. The Labute approximate surface area is 150 Å². The van der Waals surface area contributed by atoms with Crippen LogP contribution in [-0.4, -0.2) is 42.7 Å². The molecule has 0 aliphatic heterocycles. The molecule has 1 aromatic carbocycles. The van der Waals surface area contributed by atoms with E-state index in [1.807, 2.05) is 46.1 Å². The number of carboxylic acid groups (broad SMARTS) is 1. The van der Waals surface area contributed by atoms with E-state index in [1.165, 1.54) is 0 Å². The molecule has 1 rings (SSSR count). The molecule has 0 saturated carbocycles. The largest absolute Gasteiger partial charge is 0.481 e. The maximum Gasteiger partial charge on any atom is 0.412 e. The molecule has 6 heteroatoms. The lowest BCUT2D eigenvalue weighted by atomic mass is 9.94. The molecule has 1 amide bonds. The molecule has 0 spiro atoms. The number of ether oxygens (including phenoxy) is 1. The Bertz CT molecular complexity index is 572. The molecular weight excluding hydrogens is 320 g/mol. The minimum Gasteiger partial charge on any atom is -0.481 e. The first-order valence-electron chi connectivity index (χ1n) is 8.62. The zero-order chi connectivity index (χ0) is 19.0. The average molecular weight is 350 g/mol. The summed E-state index contributed by atoms with van der Waals surface area (Å²) >= 11 is 0. The molecule has 0 bridgehead atoms. The number of rotatable bonds is 9. The van der Waals surface area contributed by atoms with Gasteiger partial charge in [0.15, 0.2) is 0 Å². The van der Waals surface area contributed by atoms with Gasteiger partial charge < -0.3 is 20.1 Å². The van der Waals surface area contributed by atoms with Crippen LogP contribution >= 0.6 is 0 Å². The molecule has 0 heterocycles. The van der Waals surface area contributed by atoms with Crippen molar-refractivity contribution in [2.75, 3.05) is 20.6 Å². The highest BCUT2D eigenvalue weighted by Crippen LogP contribution is 2.22. The third-order valence-electron chi connectivity index (χ3n) is 4.13. The molecule has 0 aliphatic rings. The third kappa shape index (κ3) is 8.03.